The van der Waals surface area contributed by atoms with Gasteiger partial charge in [0.25, 0.3) is 0 Å². The van der Waals surface area contributed by atoms with E-state index in [2.05, 4.69) is 15.5 Å². The third-order valence-corrected chi connectivity index (χ3v) is 3.82. The van der Waals surface area contributed by atoms with Gasteiger partial charge in [-0.05, 0) is 24.1 Å². The quantitative estimate of drug-likeness (QED) is 0.663. The van der Waals surface area contributed by atoms with E-state index in [-0.39, 0.29) is 23.7 Å². The molecule has 0 saturated carbocycles. The van der Waals surface area contributed by atoms with E-state index in [0.717, 1.165) is 5.56 Å². The zero-order valence-corrected chi connectivity index (χ0v) is 14.1. The highest BCUT2D eigenvalue weighted by Gasteiger charge is 2.22. The number of hydrogen-bond acceptors (Lipinski definition) is 5. The Morgan fingerprint density at radius 3 is 2.52 bits per heavy atom. The van der Waals surface area contributed by atoms with E-state index in [0.29, 0.717) is 6.42 Å². The lowest BCUT2D eigenvalue weighted by atomic mass is 10.0. The summed E-state index contributed by atoms with van der Waals surface area (Å²) in [6, 6.07) is 14.3. The fraction of sp³-hybridized carbons (Fsp3) is 0.158. The van der Waals surface area contributed by atoms with Crippen molar-refractivity contribution in [1.82, 2.24) is 15.5 Å². The van der Waals surface area contributed by atoms with Crippen LogP contribution in [0.25, 0.3) is 11.4 Å². The summed E-state index contributed by atoms with van der Waals surface area (Å²) in [5, 5.41) is 15.3. The summed E-state index contributed by atoms with van der Waals surface area (Å²) in [6.07, 6.45) is 0.0577. The van der Waals surface area contributed by atoms with Gasteiger partial charge in [-0.3, -0.25) is 9.59 Å². The molecule has 1 amide bonds. The van der Waals surface area contributed by atoms with E-state index in [1.165, 1.54) is 18.2 Å². The Morgan fingerprint density at radius 2 is 1.81 bits per heavy atom. The molecule has 0 saturated heterocycles. The van der Waals surface area contributed by atoms with E-state index in [1.54, 1.807) is 6.07 Å². The molecular weight excluding hydrogens is 353 g/mol. The first-order valence-corrected chi connectivity index (χ1v) is 8.18. The molecule has 0 aliphatic heterocycles. The SMILES string of the molecule is O=C(O)C[C@@H](Cc1ccccc1)NC(=O)c1nc(-c2ccccc2F)no1. The number of rotatable bonds is 7. The molecule has 1 aromatic heterocycles. The zero-order valence-electron chi connectivity index (χ0n) is 14.1. The van der Waals surface area contributed by atoms with E-state index in [4.69, 9.17) is 9.63 Å². The fourth-order valence-corrected chi connectivity index (χ4v) is 2.60. The zero-order chi connectivity index (χ0) is 19.2. The van der Waals surface area contributed by atoms with E-state index in [9.17, 15) is 14.0 Å². The summed E-state index contributed by atoms with van der Waals surface area (Å²) < 4.78 is 18.7. The number of nitrogens with one attached hydrogen (secondary N) is 1. The summed E-state index contributed by atoms with van der Waals surface area (Å²) in [6.45, 7) is 0. The number of benzene rings is 2. The molecule has 1 heterocycles. The summed E-state index contributed by atoms with van der Waals surface area (Å²) in [7, 11) is 0. The first-order valence-electron chi connectivity index (χ1n) is 8.18. The highest BCUT2D eigenvalue weighted by atomic mass is 19.1. The third-order valence-electron chi connectivity index (χ3n) is 3.82. The maximum absolute atomic E-state index is 13.8. The standard InChI is InChI=1S/C19H16FN3O4/c20-15-9-5-4-8-14(15)17-22-19(27-23-17)18(26)21-13(11-16(24)25)10-12-6-2-1-3-7-12/h1-9,13H,10-11H2,(H,21,26)(H,24,25)/t13-/m1/s1. The van der Waals surface area contributed by atoms with E-state index in [1.807, 2.05) is 30.3 Å². The summed E-state index contributed by atoms with van der Waals surface area (Å²) in [4.78, 5) is 27.4. The number of carbonyl (C=O) groups excluding carboxylic acids is 1. The molecule has 8 heteroatoms. The number of amides is 1. The second-order valence-electron chi connectivity index (χ2n) is 5.86. The maximum atomic E-state index is 13.8. The number of nitrogens with zero attached hydrogens (tertiary/aromatic N) is 2. The van der Waals surface area contributed by atoms with Crippen LogP contribution in [0.3, 0.4) is 0 Å². The minimum Gasteiger partial charge on any atom is -0.481 e. The van der Waals surface area contributed by atoms with Crippen molar-refractivity contribution in [2.24, 2.45) is 0 Å². The third kappa shape index (κ3) is 4.75. The number of carbonyl (C=O) groups is 2. The molecule has 2 N–H and O–H groups in total. The number of halogens is 1. The Labute approximate surface area is 153 Å². The summed E-state index contributed by atoms with van der Waals surface area (Å²) in [5.74, 6) is -2.73. The van der Waals surface area contributed by atoms with Crippen molar-refractivity contribution in [3.8, 4) is 11.4 Å². The van der Waals surface area contributed by atoms with Crippen LogP contribution in [0.15, 0.2) is 59.1 Å². The lowest BCUT2D eigenvalue weighted by Gasteiger charge is -2.15. The summed E-state index contributed by atoms with van der Waals surface area (Å²) >= 11 is 0. The Kier molecular flexibility index (Phi) is 5.55. The number of carboxylic acid groups (broad SMARTS) is 1. The topological polar surface area (TPSA) is 105 Å². The van der Waals surface area contributed by atoms with Crippen LogP contribution in [0.5, 0.6) is 0 Å². The molecule has 2 aromatic carbocycles. The molecule has 0 spiro atoms. The number of aromatic nitrogens is 2. The van der Waals surface area contributed by atoms with Gasteiger partial charge in [-0.2, -0.15) is 4.98 Å². The average molecular weight is 369 g/mol. The van der Waals surface area contributed by atoms with Gasteiger partial charge in [-0.1, -0.05) is 47.6 Å². The van der Waals surface area contributed by atoms with Crippen molar-refractivity contribution in [1.29, 1.82) is 0 Å². The molecule has 7 nitrogen and oxygen atoms in total. The van der Waals surface area contributed by atoms with Crippen LogP contribution in [0.2, 0.25) is 0 Å². The summed E-state index contributed by atoms with van der Waals surface area (Å²) in [5.41, 5.74) is 0.980. The molecule has 0 radical (unpaired) electrons. The van der Waals surface area contributed by atoms with Crippen LogP contribution in [-0.4, -0.2) is 33.2 Å². The van der Waals surface area contributed by atoms with Crippen LogP contribution in [0, 0.1) is 5.82 Å². The lowest BCUT2D eigenvalue weighted by molar-refractivity contribution is -0.137. The Balaban J connectivity index is 1.74. The molecular formula is C19H16FN3O4. The largest absolute Gasteiger partial charge is 0.481 e. The van der Waals surface area contributed by atoms with Gasteiger partial charge in [0.2, 0.25) is 5.82 Å². The first kappa shape index (κ1) is 18.2. The molecule has 0 aliphatic carbocycles. The average Bonchev–Trinajstić information content (AvgIpc) is 3.12. The second-order valence-corrected chi connectivity index (χ2v) is 5.86. The molecule has 0 bridgehead atoms. The van der Waals surface area contributed by atoms with Crippen LogP contribution < -0.4 is 5.32 Å². The predicted molar refractivity (Wildman–Crippen MR) is 93.3 cm³/mol. The van der Waals surface area contributed by atoms with Crippen LogP contribution in [0.1, 0.15) is 22.7 Å². The highest BCUT2D eigenvalue weighted by molar-refractivity contribution is 5.90. The molecule has 1 atom stereocenters. The van der Waals surface area contributed by atoms with Gasteiger partial charge in [-0.25, -0.2) is 4.39 Å². The van der Waals surface area contributed by atoms with Crippen molar-refractivity contribution >= 4 is 11.9 Å². The van der Waals surface area contributed by atoms with Crippen molar-refractivity contribution in [3.63, 3.8) is 0 Å². The van der Waals surface area contributed by atoms with Crippen molar-refractivity contribution in [2.75, 3.05) is 0 Å². The Morgan fingerprint density at radius 1 is 1.11 bits per heavy atom. The minimum absolute atomic E-state index is 0.0592. The van der Waals surface area contributed by atoms with Crippen LogP contribution >= 0.6 is 0 Å². The van der Waals surface area contributed by atoms with Crippen molar-refractivity contribution < 1.29 is 23.6 Å². The lowest BCUT2D eigenvalue weighted by Crippen LogP contribution is -2.38. The van der Waals surface area contributed by atoms with Gasteiger partial charge in [0.1, 0.15) is 5.82 Å². The van der Waals surface area contributed by atoms with E-state index >= 15 is 0 Å². The van der Waals surface area contributed by atoms with Gasteiger partial charge >= 0.3 is 17.8 Å². The van der Waals surface area contributed by atoms with Crippen molar-refractivity contribution in [3.05, 3.63) is 71.9 Å². The van der Waals surface area contributed by atoms with Crippen molar-refractivity contribution in [2.45, 2.75) is 18.9 Å². The Bertz CT molecular complexity index is 943. The molecule has 0 fully saturated rings. The number of carboxylic acids is 1. The maximum Gasteiger partial charge on any atom is 0.316 e. The van der Waals surface area contributed by atoms with Gasteiger partial charge in [0, 0.05) is 6.04 Å². The molecule has 27 heavy (non-hydrogen) atoms. The number of aliphatic carboxylic acids is 1. The fourth-order valence-electron chi connectivity index (χ4n) is 2.60. The smallest absolute Gasteiger partial charge is 0.316 e. The second kappa shape index (κ2) is 8.22. The van der Waals surface area contributed by atoms with Gasteiger partial charge in [-0.15, -0.1) is 0 Å². The normalized spacial score (nSPS) is 11.7. The minimum atomic E-state index is -1.05. The van der Waals surface area contributed by atoms with Crippen LogP contribution in [0.4, 0.5) is 4.39 Å². The van der Waals surface area contributed by atoms with Gasteiger partial charge in [0.05, 0.1) is 12.0 Å². The predicted octanol–water partition coefficient (Wildman–Crippen LogP) is 2.69. The molecule has 3 aromatic rings. The molecule has 0 aliphatic rings. The molecule has 3 rings (SSSR count). The van der Waals surface area contributed by atoms with Gasteiger partial charge in [0.15, 0.2) is 0 Å². The van der Waals surface area contributed by atoms with E-state index < -0.39 is 23.7 Å². The first-order chi connectivity index (χ1) is 13.0. The number of hydrogen-bond donors (Lipinski definition) is 2. The Hall–Kier alpha value is -3.55. The monoisotopic (exact) mass is 369 g/mol. The van der Waals surface area contributed by atoms with Crippen LogP contribution in [-0.2, 0) is 11.2 Å². The molecule has 0 unspecified atom stereocenters. The highest BCUT2D eigenvalue weighted by Crippen LogP contribution is 2.19. The molecule has 138 valence electrons. The van der Waals surface area contributed by atoms with Gasteiger partial charge < -0.3 is 14.9 Å².